The van der Waals surface area contributed by atoms with Gasteiger partial charge in [0.2, 0.25) is 17.7 Å². The van der Waals surface area contributed by atoms with Gasteiger partial charge in [-0.15, -0.1) is 0 Å². The van der Waals surface area contributed by atoms with Crippen molar-refractivity contribution in [2.75, 3.05) is 19.6 Å². The van der Waals surface area contributed by atoms with Crippen LogP contribution in [-0.4, -0.2) is 48.3 Å². The number of amides is 3. The average Bonchev–Trinajstić information content (AvgIpc) is 2.39. The van der Waals surface area contributed by atoms with Gasteiger partial charge in [-0.2, -0.15) is 0 Å². The van der Waals surface area contributed by atoms with Gasteiger partial charge in [0.05, 0.1) is 0 Å². The van der Waals surface area contributed by atoms with E-state index in [4.69, 9.17) is 0 Å². The van der Waals surface area contributed by atoms with Gasteiger partial charge in [0.25, 0.3) is 0 Å². The zero-order chi connectivity index (χ0) is 13.8. The molecule has 6 heteroatoms. The fourth-order valence-corrected chi connectivity index (χ4v) is 2.78. The van der Waals surface area contributed by atoms with E-state index in [0.717, 1.165) is 25.9 Å². The largest absolute Gasteiger partial charge is 0.321 e. The van der Waals surface area contributed by atoms with E-state index in [1.165, 1.54) is 4.90 Å². The van der Waals surface area contributed by atoms with Crippen LogP contribution < -0.4 is 10.6 Å². The van der Waals surface area contributed by atoms with E-state index >= 15 is 0 Å². The molecule has 3 amide bonds. The predicted molar refractivity (Wildman–Crippen MR) is 69.2 cm³/mol. The molecule has 106 valence electrons. The monoisotopic (exact) mass is 267 g/mol. The quantitative estimate of drug-likeness (QED) is 0.685. The van der Waals surface area contributed by atoms with E-state index in [9.17, 15) is 14.4 Å². The van der Waals surface area contributed by atoms with Gasteiger partial charge < -0.3 is 10.2 Å². The van der Waals surface area contributed by atoms with Gasteiger partial charge >= 0.3 is 0 Å². The van der Waals surface area contributed by atoms with Gasteiger partial charge in [0, 0.05) is 6.42 Å². The second-order valence-corrected chi connectivity index (χ2v) is 5.26. The predicted octanol–water partition coefficient (Wildman–Crippen LogP) is -0.360. The topological polar surface area (TPSA) is 78.5 Å². The van der Waals surface area contributed by atoms with E-state index in [1.54, 1.807) is 0 Å². The van der Waals surface area contributed by atoms with E-state index in [-0.39, 0.29) is 24.3 Å². The molecule has 2 fully saturated rings. The van der Waals surface area contributed by atoms with Crippen molar-refractivity contribution < 1.29 is 14.4 Å². The molecule has 2 rings (SSSR count). The second kappa shape index (κ2) is 6.14. The molecule has 19 heavy (non-hydrogen) atoms. The first-order valence-corrected chi connectivity index (χ1v) is 6.95. The fraction of sp³-hybridized carbons (Fsp3) is 0.769. The Hall–Kier alpha value is -1.43. The van der Waals surface area contributed by atoms with Crippen LogP contribution >= 0.6 is 0 Å². The van der Waals surface area contributed by atoms with Crippen molar-refractivity contribution >= 4 is 17.7 Å². The number of rotatable bonds is 3. The molecule has 1 unspecified atom stereocenters. The smallest absolute Gasteiger partial charge is 0.249 e. The Morgan fingerprint density at radius 3 is 2.63 bits per heavy atom. The lowest BCUT2D eigenvalue weighted by molar-refractivity contribution is -0.150. The van der Waals surface area contributed by atoms with Crippen molar-refractivity contribution in [3.05, 3.63) is 0 Å². The Labute approximate surface area is 112 Å². The molecule has 0 aromatic carbocycles. The van der Waals surface area contributed by atoms with Crippen LogP contribution in [-0.2, 0) is 14.4 Å². The number of carbonyl (C=O) groups excluding carboxylic acids is 3. The highest BCUT2D eigenvalue weighted by molar-refractivity contribution is 6.04. The summed E-state index contributed by atoms with van der Waals surface area (Å²) in [4.78, 5) is 36.9. The van der Waals surface area contributed by atoms with E-state index in [2.05, 4.69) is 10.6 Å². The lowest BCUT2D eigenvalue weighted by atomic mass is 9.93. The van der Waals surface area contributed by atoms with Gasteiger partial charge in [0.15, 0.2) is 0 Å². The first-order chi connectivity index (χ1) is 9.11. The minimum absolute atomic E-state index is 0.00799. The van der Waals surface area contributed by atoms with Crippen LogP contribution in [0.4, 0.5) is 0 Å². The van der Waals surface area contributed by atoms with Crippen molar-refractivity contribution in [3.63, 3.8) is 0 Å². The zero-order valence-corrected chi connectivity index (χ0v) is 11.3. The summed E-state index contributed by atoms with van der Waals surface area (Å²) in [6, 6.07) is -0.494. The third-order valence-electron chi connectivity index (χ3n) is 3.88. The van der Waals surface area contributed by atoms with Crippen LogP contribution in [0.3, 0.4) is 0 Å². The number of hydrogen-bond acceptors (Lipinski definition) is 4. The summed E-state index contributed by atoms with van der Waals surface area (Å²) in [5.74, 6) is -0.431. The molecule has 1 atom stereocenters. The molecule has 0 bridgehead atoms. The summed E-state index contributed by atoms with van der Waals surface area (Å²) in [5, 5.41) is 5.55. The average molecular weight is 267 g/mol. The van der Waals surface area contributed by atoms with Crippen LogP contribution in [0.1, 0.15) is 32.6 Å². The number of hydrogen-bond donors (Lipinski definition) is 2. The van der Waals surface area contributed by atoms with Crippen LogP contribution in [0.2, 0.25) is 0 Å². The third kappa shape index (κ3) is 3.32. The number of piperazine rings is 1. The lowest BCUT2D eigenvalue weighted by Crippen LogP contribution is -2.59. The van der Waals surface area contributed by atoms with Crippen molar-refractivity contribution in [3.8, 4) is 0 Å². The van der Waals surface area contributed by atoms with Gasteiger partial charge in [-0.05, 0) is 38.3 Å². The first-order valence-electron chi connectivity index (χ1n) is 6.95. The van der Waals surface area contributed by atoms with Crippen molar-refractivity contribution in [2.24, 2.45) is 5.92 Å². The number of carbonyl (C=O) groups is 3. The standard InChI is InChI=1S/C13H21N3O3/c1-2-10-13(19)15-11(17)8-16(10)12(18)7-9-3-5-14-6-4-9/h9-10,14H,2-8H2,1H3,(H,15,17,19). The van der Waals surface area contributed by atoms with E-state index < -0.39 is 6.04 Å². The summed E-state index contributed by atoms with van der Waals surface area (Å²) in [7, 11) is 0. The maximum atomic E-state index is 12.3. The zero-order valence-electron chi connectivity index (χ0n) is 11.3. The first kappa shape index (κ1) is 14.0. The van der Waals surface area contributed by atoms with Crippen LogP contribution in [0.15, 0.2) is 0 Å². The Bertz CT molecular complexity index is 377. The molecule has 0 saturated carbocycles. The fourth-order valence-electron chi connectivity index (χ4n) is 2.78. The van der Waals surface area contributed by atoms with Crippen LogP contribution in [0, 0.1) is 5.92 Å². The highest BCUT2D eigenvalue weighted by Crippen LogP contribution is 2.19. The minimum atomic E-state index is -0.494. The highest BCUT2D eigenvalue weighted by atomic mass is 16.2. The molecule has 0 aromatic rings. The summed E-state index contributed by atoms with van der Waals surface area (Å²) in [6.45, 7) is 3.74. The van der Waals surface area contributed by atoms with Crippen molar-refractivity contribution in [1.29, 1.82) is 0 Å². The number of nitrogens with zero attached hydrogens (tertiary/aromatic N) is 1. The van der Waals surface area contributed by atoms with Crippen LogP contribution in [0.5, 0.6) is 0 Å². The highest BCUT2D eigenvalue weighted by Gasteiger charge is 2.36. The Morgan fingerprint density at radius 1 is 1.32 bits per heavy atom. The minimum Gasteiger partial charge on any atom is -0.321 e. The second-order valence-electron chi connectivity index (χ2n) is 5.26. The molecule has 2 saturated heterocycles. The van der Waals surface area contributed by atoms with Crippen LogP contribution in [0.25, 0.3) is 0 Å². The molecule has 2 N–H and O–H groups in total. The Kier molecular flexibility index (Phi) is 4.52. The Morgan fingerprint density at radius 2 is 2.00 bits per heavy atom. The van der Waals surface area contributed by atoms with Crippen molar-refractivity contribution in [1.82, 2.24) is 15.5 Å². The molecule has 0 radical (unpaired) electrons. The summed E-state index contributed by atoms with van der Waals surface area (Å²) >= 11 is 0. The van der Waals surface area contributed by atoms with E-state index in [1.807, 2.05) is 6.92 Å². The molecule has 2 aliphatic heterocycles. The van der Waals surface area contributed by atoms with Gasteiger partial charge in [-0.3, -0.25) is 19.7 Å². The lowest BCUT2D eigenvalue weighted by Gasteiger charge is -2.34. The number of nitrogens with one attached hydrogen (secondary N) is 2. The summed E-state index contributed by atoms with van der Waals surface area (Å²) in [6.07, 6.45) is 2.95. The molecular formula is C13H21N3O3. The maximum absolute atomic E-state index is 12.3. The summed E-state index contributed by atoms with van der Waals surface area (Å²) in [5.41, 5.74) is 0. The third-order valence-corrected chi connectivity index (χ3v) is 3.88. The molecule has 0 spiro atoms. The molecule has 6 nitrogen and oxygen atoms in total. The maximum Gasteiger partial charge on any atom is 0.249 e. The molecule has 2 aliphatic rings. The Balaban J connectivity index is 1.98. The number of imide groups is 1. The molecule has 0 aromatic heterocycles. The van der Waals surface area contributed by atoms with Gasteiger partial charge in [0.1, 0.15) is 12.6 Å². The van der Waals surface area contributed by atoms with Gasteiger partial charge in [-0.25, -0.2) is 0 Å². The molecular weight excluding hydrogens is 246 g/mol. The molecule has 0 aliphatic carbocycles. The molecule has 2 heterocycles. The number of piperidine rings is 1. The summed E-state index contributed by atoms with van der Waals surface area (Å²) < 4.78 is 0. The normalized spacial score (nSPS) is 25.3. The van der Waals surface area contributed by atoms with Gasteiger partial charge in [-0.1, -0.05) is 6.92 Å². The van der Waals surface area contributed by atoms with Crippen molar-refractivity contribution in [2.45, 2.75) is 38.6 Å². The SMILES string of the molecule is CCC1C(=O)NC(=O)CN1C(=O)CC1CCNCC1. The van der Waals surface area contributed by atoms with E-state index in [0.29, 0.717) is 18.8 Å².